The fourth-order valence-corrected chi connectivity index (χ4v) is 1.46. The monoisotopic (exact) mass is 176 g/mol. The van der Waals surface area contributed by atoms with Gasteiger partial charge in [0, 0.05) is 18.3 Å². The van der Waals surface area contributed by atoms with E-state index in [4.69, 9.17) is 0 Å². The van der Waals surface area contributed by atoms with Gasteiger partial charge in [0.25, 0.3) is 0 Å². The van der Waals surface area contributed by atoms with Gasteiger partial charge in [-0.25, -0.2) is 0 Å². The van der Waals surface area contributed by atoms with Crippen LogP contribution in [-0.2, 0) is 4.79 Å². The van der Waals surface area contributed by atoms with Gasteiger partial charge in [0.2, 0.25) is 5.91 Å². The third-order valence-corrected chi connectivity index (χ3v) is 2.22. The fraction of sp³-hybridized carbons (Fsp3) is 0.300. The molecule has 1 aromatic heterocycles. The van der Waals surface area contributed by atoms with Crippen LogP contribution in [0.5, 0.6) is 0 Å². The minimum atomic E-state index is 0.0983. The first-order valence-corrected chi connectivity index (χ1v) is 4.45. The molecule has 1 aromatic rings. The maximum Gasteiger partial charge on any atom is 0.242 e. The van der Waals surface area contributed by atoms with Crippen molar-refractivity contribution in [1.82, 2.24) is 4.68 Å². The lowest BCUT2D eigenvalue weighted by molar-refractivity contribution is -0.120. The topological polar surface area (TPSA) is 34.0 Å². The lowest BCUT2D eigenvalue weighted by Crippen LogP contribution is -2.27. The van der Waals surface area contributed by atoms with Crippen LogP contribution in [0.25, 0.3) is 0 Å². The number of hydrogen-bond donors (Lipinski definition) is 1. The van der Waals surface area contributed by atoms with Crippen LogP contribution in [0, 0.1) is 5.92 Å². The third kappa shape index (κ3) is 1.80. The van der Waals surface area contributed by atoms with Crippen molar-refractivity contribution in [2.75, 3.05) is 5.43 Å². The van der Waals surface area contributed by atoms with E-state index >= 15 is 0 Å². The maximum atomic E-state index is 11.5. The van der Waals surface area contributed by atoms with Gasteiger partial charge in [-0.1, -0.05) is 12.2 Å². The number of nitrogens with zero attached hydrogens (tertiary/aromatic N) is 1. The van der Waals surface area contributed by atoms with E-state index in [0.717, 1.165) is 12.8 Å². The van der Waals surface area contributed by atoms with Gasteiger partial charge in [0.05, 0.1) is 0 Å². The Bertz CT molecular complexity index is 306. The lowest BCUT2D eigenvalue weighted by atomic mass is 10.1. The summed E-state index contributed by atoms with van der Waals surface area (Å²) in [4.78, 5) is 11.5. The number of carbonyl (C=O) groups excluding carboxylic acids is 1. The molecule has 0 unspecified atom stereocenters. The van der Waals surface area contributed by atoms with E-state index < -0.39 is 0 Å². The molecule has 0 saturated heterocycles. The molecule has 3 heteroatoms. The second kappa shape index (κ2) is 3.47. The van der Waals surface area contributed by atoms with E-state index in [2.05, 4.69) is 17.6 Å². The number of amides is 1. The van der Waals surface area contributed by atoms with Gasteiger partial charge in [-0.05, 0) is 25.0 Å². The number of nitrogens with one attached hydrogen (secondary N) is 1. The second-order valence-corrected chi connectivity index (χ2v) is 3.21. The Labute approximate surface area is 77.0 Å². The summed E-state index contributed by atoms with van der Waals surface area (Å²) in [5.74, 6) is 0.226. The highest BCUT2D eigenvalue weighted by atomic mass is 16.2. The van der Waals surface area contributed by atoms with E-state index in [1.54, 1.807) is 4.68 Å². The summed E-state index contributed by atoms with van der Waals surface area (Å²) in [7, 11) is 0. The summed E-state index contributed by atoms with van der Waals surface area (Å²) in [5.41, 5.74) is 2.80. The van der Waals surface area contributed by atoms with Gasteiger partial charge >= 0.3 is 0 Å². The van der Waals surface area contributed by atoms with Gasteiger partial charge < -0.3 is 0 Å². The molecule has 0 aromatic carbocycles. The van der Waals surface area contributed by atoms with E-state index in [-0.39, 0.29) is 11.8 Å². The number of aromatic nitrogens is 1. The first kappa shape index (κ1) is 8.10. The van der Waals surface area contributed by atoms with Crippen molar-refractivity contribution in [3.05, 3.63) is 36.7 Å². The van der Waals surface area contributed by atoms with Crippen molar-refractivity contribution < 1.29 is 4.79 Å². The van der Waals surface area contributed by atoms with E-state index in [9.17, 15) is 4.79 Å². The van der Waals surface area contributed by atoms with E-state index in [1.807, 2.05) is 24.5 Å². The molecule has 0 aliphatic heterocycles. The van der Waals surface area contributed by atoms with Crippen LogP contribution in [0.4, 0.5) is 0 Å². The summed E-state index contributed by atoms with van der Waals surface area (Å²) in [6.07, 6.45) is 9.49. The quantitative estimate of drug-likeness (QED) is 0.681. The highest BCUT2D eigenvalue weighted by Gasteiger charge is 2.18. The Balaban J connectivity index is 1.92. The Kier molecular flexibility index (Phi) is 2.17. The normalized spacial score (nSPS) is 16.3. The first-order valence-electron chi connectivity index (χ1n) is 4.45. The molecule has 1 N–H and O–H groups in total. The molecular weight excluding hydrogens is 164 g/mol. The lowest BCUT2D eigenvalue weighted by Gasteiger charge is -2.10. The van der Waals surface area contributed by atoms with E-state index in [0.29, 0.717) is 0 Å². The molecule has 2 rings (SSSR count). The highest BCUT2D eigenvalue weighted by molar-refractivity contribution is 5.86. The molecule has 3 nitrogen and oxygen atoms in total. The molecule has 0 atom stereocenters. The van der Waals surface area contributed by atoms with Gasteiger partial charge in [0.1, 0.15) is 0 Å². The second-order valence-electron chi connectivity index (χ2n) is 3.21. The maximum absolute atomic E-state index is 11.5. The molecule has 1 aliphatic rings. The van der Waals surface area contributed by atoms with Gasteiger partial charge in [0.15, 0.2) is 0 Å². The van der Waals surface area contributed by atoms with Crippen molar-refractivity contribution in [2.45, 2.75) is 12.8 Å². The number of hydrogen-bond acceptors (Lipinski definition) is 1. The predicted molar refractivity (Wildman–Crippen MR) is 50.7 cm³/mol. The van der Waals surface area contributed by atoms with Crippen LogP contribution in [0.2, 0.25) is 0 Å². The molecular formula is C10H12N2O. The first-order chi connectivity index (χ1) is 6.36. The molecule has 0 radical (unpaired) electrons. The van der Waals surface area contributed by atoms with Gasteiger partial charge in [-0.2, -0.15) is 0 Å². The van der Waals surface area contributed by atoms with Gasteiger partial charge in [-0.3, -0.25) is 14.9 Å². The third-order valence-electron chi connectivity index (χ3n) is 2.22. The van der Waals surface area contributed by atoms with E-state index in [1.165, 1.54) is 0 Å². The Hall–Kier alpha value is -1.51. The zero-order valence-electron chi connectivity index (χ0n) is 7.31. The van der Waals surface area contributed by atoms with Gasteiger partial charge in [-0.15, -0.1) is 0 Å². The molecule has 0 spiro atoms. The Morgan fingerprint density at radius 2 is 1.85 bits per heavy atom. The average molecular weight is 176 g/mol. The zero-order valence-corrected chi connectivity index (χ0v) is 7.31. The summed E-state index contributed by atoms with van der Waals surface area (Å²) >= 11 is 0. The summed E-state index contributed by atoms with van der Waals surface area (Å²) in [6.45, 7) is 0. The standard InChI is InChI=1S/C10H12N2O/c13-10(9-5-1-2-6-9)11-12-7-3-4-8-12/h1-4,7-9H,5-6H2,(H,11,13). The summed E-state index contributed by atoms with van der Waals surface area (Å²) in [5, 5.41) is 0. The van der Waals surface area contributed by atoms with Crippen molar-refractivity contribution in [3.63, 3.8) is 0 Å². The smallest absolute Gasteiger partial charge is 0.242 e. The minimum Gasteiger partial charge on any atom is -0.273 e. The predicted octanol–water partition coefficient (Wildman–Crippen LogP) is 1.52. The van der Waals surface area contributed by atoms with Crippen molar-refractivity contribution in [3.8, 4) is 0 Å². The van der Waals surface area contributed by atoms with Crippen LogP contribution in [0.1, 0.15) is 12.8 Å². The largest absolute Gasteiger partial charge is 0.273 e. The SMILES string of the molecule is O=C(Nn1cccc1)C1CC=CC1. The minimum absolute atomic E-state index is 0.0983. The molecule has 13 heavy (non-hydrogen) atoms. The molecule has 1 heterocycles. The van der Waals surface area contributed by atoms with Crippen LogP contribution < -0.4 is 5.43 Å². The molecule has 68 valence electrons. The Morgan fingerprint density at radius 1 is 1.23 bits per heavy atom. The molecule has 1 aliphatic carbocycles. The van der Waals surface area contributed by atoms with Crippen molar-refractivity contribution in [2.24, 2.45) is 5.92 Å². The molecule has 1 amide bonds. The zero-order chi connectivity index (χ0) is 9.10. The number of rotatable bonds is 2. The molecule has 0 fully saturated rings. The summed E-state index contributed by atoms with van der Waals surface area (Å²) < 4.78 is 1.68. The Morgan fingerprint density at radius 3 is 2.46 bits per heavy atom. The highest BCUT2D eigenvalue weighted by Crippen LogP contribution is 2.17. The van der Waals surface area contributed by atoms with Crippen LogP contribution in [0.15, 0.2) is 36.7 Å². The van der Waals surface area contributed by atoms with Crippen LogP contribution in [0.3, 0.4) is 0 Å². The number of carbonyl (C=O) groups is 1. The van der Waals surface area contributed by atoms with Crippen molar-refractivity contribution in [1.29, 1.82) is 0 Å². The fourth-order valence-electron chi connectivity index (χ4n) is 1.46. The average Bonchev–Trinajstić information content (AvgIpc) is 2.74. The van der Waals surface area contributed by atoms with Crippen LogP contribution >= 0.6 is 0 Å². The molecule has 0 bridgehead atoms. The van der Waals surface area contributed by atoms with Crippen molar-refractivity contribution >= 4 is 5.91 Å². The molecule has 0 saturated carbocycles. The number of allylic oxidation sites excluding steroid dienone is 2. The van der Waals surface area contributed by atoms with Crippen LogP contribution in [-0.4, -0.2) is 10.6 Å². The summed E-state index contributed by atoms with van der Waals surface area (Å²) in [6, 6.07) is 3.76.